The van der Waals surface area contributed by atoms with E-state index in [-0.39, 0.29) is 18.6 Å². The van der Waals surface area contributed by atoms with Crippen LogP contribution in [0.4, 0.5) is 4.79 Å². The van der Waals surface area contributed by atoms with Crippen molar-refractivity contribution in [1.29, 1.82) is 0 Å². The van der Waals surface area contributed by atoms with Gasteiger partial charge < -0.3 is 14.8 Å². The number of carbonyl (C=O) groups is 2. The van der Waals surface area contributed by atoms with Crippen molar-refractivity contribution in [3.8, 4) is 0 Å². The van der Waals surface area contributed by atoms with Crippen molar-refractivity contribution in [3.63, 3.8) is 0 Å². The molecule has 1 saturated carbocycles. The minimum Gasteiger partial charge on any atom is -0.468 e. The van der Waals surface area contributed by atoms with E-state index >= 15 is 0 Å². The summed E-state index contributed by atoms with van der Waals surface area (Å²) in [6.07, 6.45) is -0.0324. The number of benzene rings is 2. The molecule has 5 heteroatoms. The number of hydrogen-bond acceptors (Lipinski definition) is 4. The van der Waals surface area contributed by atoms with Crippen molar-refractivity contribution in [2.45, 2.75) is 24.5 Å². The Labute approximate surface area is 140 Å². The van der Waals surface area contributed by atoms with Gasteiger partial charge in [0.1, 0.15) is 12.0 Å². The van der Waals surface area contributed by atoms with Gasteiger partial charge in [0.15, 0.2) is 0 Å². The van der Waals surface area contributed by atoms with Gasteiger partial charge in [-0.15, -0.1) is 0 Å². The lowest BCUT2D eigenvalue weighted by Crippen LogP contribution is -2.36. The lowest BCUT2D eigenvalue weighted by molar-refractivity contribution is -0.143. The number of ether oxygens (including phenoxy) is 2. The summed E-state index contributed by atoms with van der Waals surface area (Å²) < 4.78 is 10.2. The Hall–Kier alpha value is -2.82. The Bertz CT molecular complexity index is 717. The summed E-state index contributed by atoms with van der Waals surface area (Å²) in [5, 5.41) is 2.77. The fourth-order valence-electron chi connectivity index (χ4n) is 2.92. The molecule has 2 aromatic rings. The average molecular weight is 325 g/mol. The van der Waals surface area contributed by atoms with Gasteiger partial charge in [-0.2, -0.15) is 0 Å². The second-order valence-corrected chi connectivity index (χ2v) is 5.79. The maximum absolute atomic E-state index is 12.3. The quantitative estimate of drug-likeness (QED) is 0.859. The lowest BCUT2D eigenvalue weighted by Gasteiger charge is -2.16. The molecule has 0 aromatic heterocycles. The second kappa shape index (κ2) is 6.74. The van der Waals surface area contributed by atoms with Gasteiger partial charge in [-0.25, -0.2) is 4.79 Å². The zero-order valence-electron chi connectivity index (χ0n) is 13.4. The van der Waals surface area contributed by atoms with E-state index in [1.54, 1.807) is 0 Å². The van der Waals surface area contributed by atoms with E-state index in [2.05, 4.69) is 5.32 Å². The molecule has 0 saturated heterocycles. The molecule has 3 rings (SSSR count). The van der Waals surface area contributed by atoms with Crippen LogP contribution in [0.2, 0.25) is 0 Å². The Morgan fingerprint density at radius 3 is 2.33 bits per heavy atom. The van der Waals surface area contributed by atoms with E-state index in [1.807, 2.05) is 60.7 Å². The van der Waals surface area contributed by atoms with Crippen LogP contribution in [0.5, 0.6) is 0 Å². The zero-order chi connectivity index (χ0) is 17.0. The summed E-state index contributed by atoms with van der Waals surface area (Å²) in [4.78, 5) is 24.3. The Balaban J connectivity index is 1.63. The average Bonchev–Trinajstić information content (AvgIpc) is 3.36. The molecule has 0 aliphatic heterocycles. The number of nitrogens with one attached hydrogen (secondary N) is 1. The van der Waals surface area contributed by atoms with Crippen molar-refractivity contribution < 1.29 is 19.1 Å². The number of rotatable bonds is 5. The number of alkyl carbamates (subject to hydrolysis) is 1. The monoisotopic (exact) mass is 325 g/mol. The molecular weight excluding hydrogens is 306 g/mol. The minimum absolute atomic E-state index is 0.190. The molecule has 0 spiro atoms. The van der Waals surface area contributed by atoms with Gasteiger partial charge in [-0.1, -0.05) is 60.7 Å². The van der Waals surface area contributed by atoms with Crippen molar-refractivity contribution in [2.24, 2.45) is 0 Å². The molecule has 5 nitrogen and oxygen atoms in total. The smallest absolute Gasteiger partial charge is 0.407 e. The summed E-state index contributed by atoms with van der Waals surface area (Å²) in [5.74, 6) is -0.345. The molecule has 0 bridgehead atoms. The fourth-order valence-corrected chi connectivity index (χ4v) is 2.92. The van der Waals surface area contributed by atoms with Crippen LogP contribution in [-0.4, -0.2) is 25.2 Å². The number of methoxy groups -OCH3 is 1. The first-order valence-corrected chi connectivity index (χ1v) is 7.78. The molecule has 24 heavy (non-hydrogen) atoms. The molecule has 2 atom stereocenters. The van der Waals surface area contributed by atoms with Gasteiger partial charge in [-0.3, -0.25) is 4.79 Å². The third kappa shape index (κ3) is 3.11. The van der Waals surface area contributed by atoms with Gasteiger partial charge in [0.05, 0.1) is 13.2 Å². The van der Waals surface area contributed by atoms with Crippen LogP contribution in [0.25, 0.3) is 0 Å². The number of carbonyl (C=O) groups excluding carboxylic acids is 2. The maximum atomic E-state index is 12.3. The molecule has 1 aliphatic rings. The largest absolute Gasteiger partial charge is 0.468 e. The molecule has 0 heterocycles. The summed E-state index contributed by atoms with van der Waals surface area (Å²) >= 11 is 0. The van der Waals surface area contributed by atoms with Crippen LogP contribution in [-0.2, 0) is 26.3 Å². The van der Waals surface area contributed by atoms with E-state index in [0.29, 0.717) is 6.42 Å². The molecule has 0 radical (unpaired) electrons. The first-order chi connectivity index (χ1) is 11.7. The number of hydrogen-bond donors (Lipinski definition) is 1. The highest BCUT2D eigenvalue weighted by Crippen LogP contribution is 2.49. The highest BCUT2D eigenvalue weighted by molar-refractivity contribution is 5.89. The van der Waals surface area contributed by atoms with Gasteiger partial charge in [0.2, 0.25) is 0 Å². The highest BCUT2D eigenvalue weighted by atomic mass is 16.5. The maximum Gasteiger partial charge on any atom is 0.407 e. The Morgan fingerprint density at radius 1 is 1.08 bits per heavy atom. The van der Waals surface area contributed by atoms with E-state index < -0.39 is 11.5 Å². The minimum atomic E-state index is -0.818. The van der Waals surface area contributed by atoms with Crippen molar-refractivity contribution in [3.05, 3.63) is 71.8 Å². The molecule has 1 N–H and O–H groups in total. The Morgan fingerprint density at radius 2 is 1.71 bits per heavy atom. The standard InChI is InChI=1S/C19H19NO4/c1-23-17(21)19(15-10-6-3-7-11-15)12-16(19)20-18(22)24-13-14-8-4-2-5-9-14/h2-11,16H,12-13H2,1H3,(H,20,22)/t16-,19+/m0/s1. The molecule has 2 aromatic carbocycles. The first kappa shape index (κ1) is 16.1. The molecule has 1 aliphatic carbocycles. The third-order valence-electron chi connectivity index (χ3n) is 4.30. The van der Waals surface area contributed by atoms with Crippen molar-refractivity contribution in [2.75, 3.05) is 7.11 Å². The van der Waals surface area contributed by atoms with E-state index in [4.69, 9.17) is 9.47 Å². The van der Waals surface area contributed by atoms with Crippen LogP contribution in [0, 0.1) is 0 Å². The summed E-state index contributed by atoms with van der Waals surface area (Å²) in [6.45, 7) is 0.190. The summed E-state index contributed by atoms with van der Waals surface area (Å²) in [5.41, 5.74) is 0.929. The SMILES string of the molecule is COC(=O)[C@@]1(c2ccccc2)C[C@@H]1NC(=O)OCc1ccccc1. The molecule has 1 amide bonds. The van der Waals surface area contributed by atoms with Crippen molar-refractivity contribution in [1.82, 2.24) is 5.32 Å². The zero-order valence-corrected chi connectivity index (χ0v) is 13.4. The highest BCUT2D eigenvalue weighted by Gasteiger charge is 2.63. The second-order valence-electron chi connectivity index (χ2n) is 5.79. The fraction of sp³-hybridized carbons (Fsp3) is 0.263. The van der Waals surface area contributed by atoms with Crippen LogP contribution < -0.4 is 5.32 Å². The predicted molar refractivity (Wildman–Crippen MR) is 88.3 cm³/mol. The van der Waals surface area contributed by atoms with Crippen LogP contribution in [0.3, 0.4) is 0 Å². The van der Waals surface area contributed by atoms with Gasteiger partial charge in [0.25, 0.3) is 0 Å². The molecular formula is C19H19NO4. The molecule has 1 fully saturated rings. The predicted octanol–water partition coefficient (Wildman–Crippen LogP) is 2.80. The third-order valence-corrected chi connectivity index (χ3v) is 4.30. The normalized spacial score (nSPS) is 21.6. The summed E-state index contributed by atoms with van der Waals surface area (Å²) in [7, 11) is 1.36. The van der Waals surface area contributed by atoms with Crippen LogP contribution in [0.1, 0.15) is 17.5 Å². The van der Waals surface area contributed by atoms with E-state index in [0.717, 1.165) is 11.1 Å². The van der Waals surface area contributed by atoms with E-state index in [9.17, 15) is 9.59 Å². The first-order valence-electron chi connectivity index (χ1n) is 7.78. The van der Waals surface area contributed by atoms with Crippen molar-refractivity contribution >= 4 is 12.1 Å². The lowest BCUT2D eigenvalue weighted by atomic mass is 9.95. The topological polar surface area (TPSA) is 64.6 Å². The van der Waals surface area contributed by atoms with Crippen LogP contribution >= 0.6 is 0 Å². The summed E-state index contributed by atoms with van der Waals surface area (Å²) in [6, 6.07) is 18.5. The molecule has 0 unspecified atom stereocenters. The van der Waals surface area contributed by atoms with E-state index in [1.165, 1.54) is 7.11 Å². The number of esters is 1. The molecule has 124 valence electrons. The van der Waals surface area contributed by atoms with Gasteiger partial charge >= 0.3 is 12.1 Å². The van der Waals surface area contributed by atoms with Crippen LogP contribution in [0.15, 0.2) is 60.7 Å². The van der Waals surface area contributed by atoms with Gasteiger partial charge in [0, 0.05) is 0 Å². The van der Waals surface area contributed by atoms with Gasteiger partial charge in [-0.05, 0) is 17.5 Å². The Kier molecular flexibility index (Phi) is 4.51. The number of amides is 1.